The largest absolute Gasteiger partial charge is 0.327 e. The van der Waals surface area contributed by atoms with Gasteiger partial charge >= 0.3 is 0 Å². The van der Waals surface area contributed by atoms with E-state index in [1.54, 1.807) is 0 Å². The van der Waals surface area contributed by atoms with Gasteiger partial charge in [0.25, 0.3) is 0 Å². The Kier molecular flexibility index (Phi) is 11.5. The van der Waals surface area contributed by atoms with Gasteiger partial charge in [0.05, 0.1) is 0 Å². The highest BCUT2D eigenvalue weighted by Crippen LogP contribution is 2.14. The molecule has 0 spiro atoms. The van der Waals surface area contributed by atoms with Crippen molar-refractivity contribution in [3.63, 3.8) is 0 Å². The molecule has 1 nitrogen and oxygen atoms in total. The molecule has 0 aromatic carbocycles. The molecule has 1 unspecified atom stereocenters. The Labute approximate surface area is 96.1 Å². The van der Waals surface area contributed by atoms with Crippen LogP contribution in [0.15, 0.2) is 12.2 Å². The molecule has 1 heteroatoms. The summed E-state index contributed by atoms with van der Waals surface area (Å²) < 4.78 is 0. The molecule has 0 aromatic rings. The van der Waals surface area contributed by atoms with Crippen LogP contribution in [0.5, 0.6) is 0 Å². The van der Waals surface area contributed by atoms with Crippen molar-refractivity contribution in [2.75, 3.05) is 6.54 Å². The van der Waals surface area contributed by atoms with Crippen molar-refractivity contribution in [3.8, 4) is 0 Å². The van der Waals surface area contributed by atoms with Gasteiger partial charge < -0.3 is 5.73 Å². The Morgan fingerprint density at radius 2 is 1.67 bits per heavy atom. The van der Waals surface area contributed by atoms with E-state index in [1.807, 2.05) is 0 Å². The van der Waals surface area contributed by atoms with Crippen LogP contribution >= 0.6 is 0 Å². The molecule has 2 N–H and O–H groups in total. The van der Waals surface area contributed by atoms with Gasteiger partial charge in [-0.2, -0.15) is 0 Å². The number of allylic oxidation sites excluding steroid dienone is 1. The summed E-state index contributed by atoms with van der Waals surface area (Å²) in [6, 6.07) is 0. The van der Waals surface area contributed by atoms with Crippen molar-refractivity contribution in [2.45, 2.75) is 65.2 Å². The summed E-state index contributed by atoms with van der Waals surface area (Å²) in [4.78, 5) is 0. The van der Waals surface area contributed by atoms with Crippen molar-refractivity contribution in [3.05, 3.63) is 12.2 Å². The van der Waals surface area contributed by atoms with Gasteiger partial charge in [-0.1, -0.05) is 70.9 Å². The Morgan fingerprint density at radius 1 is 1.00 bits per heavy atom. The third-order valence-electron chi connectivity index (χ3n) is 2.89. The van der Waals surface area contributed by atoms with E-state index in [0.717, 1.165) is 5.92 Å². The molecule has 0 aliphatic heterocycles. The van der Waals surface area contributed by atoms with Crippen LogP contribution in [0.4, 0.5) is 0 Å². The summed E-state index contributed by atoms with van der Waals surface area (Å²) in [5, 5.41) is 0. The molecule has 0 fully saturated rings. The topological polar surface area (TPSA) is 26.0 Å². The standard InChI is InChI=1S/C14H29N/c1-3-4-5-6-7-8-11-14(2)12-9-10-13-15/h9-10,14H,3-8,11-13,15H2,1-2H3. The van der Waals surface area contributed by atoms with Crippen LogP contribution in [0.25, 0.3) is 0 Å². The third kappa shape index (κ3) is 11.6. The molecule has 0 bridgehead atoms. The van der Waals surface area contributed by atoms with E-state index < -0.39 is 0 Å². The van der Waals surface area contributed by atoms with Gasteiger partial charge in [0.1, 0.15) is 0 Å². The Morgan fingerprint density at radius 3 is 2.33 bits per heavy atom. The van der Waals surface area contributed by atoms with Crippen LogP contribution in [0.2, 0.25) is 0 Å². The van der Waals surface area contributed by atoms with E-state index in [-0.39, 0.29) is 0 Å². The van der Waals surface area contributed by atoms with E-state index in [4.69, 9.17) is 5.73 Å². The monoisotopic (exact) mass is 211 g/mol. The van der Waals surface area contributed by atoms with Crippen LogP contribution in [0.1, 0.15) is 65.2 Å². The smallest absolute Gasteiger partial charge is 0.0106 e. The van der Waals surface area contributed by atoms with Crippen LogP contribution in [0.3, 0.4) is 0 Å². The first-order chi connectivity index (χ1) is 7.31. The molecule has 15 heavy (non-hydrogen) atoms. The molecule has 0 aliphatic rings. The molecular formula is C14H29N. The molecule has 0 heterocycles. The molecule has 0 radical (unpaired) electrons. The van der Waals surface area contributed by atoms with Crippen LogP contribution in [-0.4, -0.2) is 6.54 Å². The van der Waals surface area contributed by atoms with Gasteiger partial charge in [-0.05, 0) is 12.3 Å². The van der Waals surface area contributed by atoms with Crippen LogP contribution in [-0.2, 0) is 0 Å². The first-order valence-corrected chi connectivity index (χ1v) is 6.66. The highest BCUT2D eigenvalue weighted by Gasteiger charge is 1.98. The van der Waals surface area contributed by atoms with E-state index >= 15 is 0 Å². The lowest BCUT2D eigenvalue weighted by Gasteiger charge is -2.07. The lowest BCUT2D eigenvalue weighted by molar-refractivity contribution is 0.487. The molecule has 0 saturated heterocycles. The zero-order valence-electron chi connectivity index (χ0n) is 10.7. The van der Waals surface area contributed by atoms with Crippen molar-refractivity contribution in [1.82, 2.24) is 0 Å². The quantitative estimate of drug-likeness (QED) is 0.423. The molecule has 0 amide bonds. The molecular weight excluding hydrogens is 182 g/mol. The van der Waals surface area contributed by atoms with Gasteiger partial charge in [-0.3, -0.25) is 0 Å². The molecule has 0 saturated carbocycles. The minimum absolute atomic E-state index is 0.684. The van der Waals surface area contributed by atoms with E-state index in [2.05, 4.69) is 26.0 Å². The summed E-state index contributed by atoms with van der Waals surface area (Å²) in [5.41, 5.74) is 5.40. The first-order valence-electron chi connectivity index (χ1n) is 6.66. The normalized spacial score (nSPS) is 13.5. The maximum atomic E-state index is 5.40. The number of hydrogen-bond acceptors (Lipinski definition) is 1. The predicted molar refractivity (Wildman–Crippen MR) is 70.0 cm³/mol. The molecule has 0 aliphatic carbocycles. The number of rotatable bonds is 10. The Balaban J connectivity index is 3.16. The van der Waals surface area contributed by atoms with E-state index in [1.165, 1.54) is 51.4 Å². The second-order valence-corrected chi connectivity index (χ2v) is 4.60. The predicted octanol–water partition coefficient (Wildman–Crippen LogP) is 4.28. The van der Waals surface area contributed by atoms with Crippen molar-refractivity contribution in [2.24, 2.45) is 11.7 Å². The minimum Gasteiger partial charge on any atom is -0.327 e. The van der Waals surface area contributed by atoms with Crippen molar-refractivity contribution in [1.29, 1.82) is 0 Å². The summed E-state index contributed by atoms with van der Waals surface area (Å²) >= 11 is 0. The third-order valence-corrected chi connectivity index (χ3v) is 2.89. The second-order valence-electron chi connectivity index (χ2n) is 4.60. The van der Waals surface area contributed by atoms with Crippen molar-refractivity contribution >= 4 is 0 Å². The number of unbranched alkanes of at least 4 members (excludes halogenated alkanes) is 5. The van der Waals surface area contributed by atoms with E-state index in [0.29, 0.717) is 6.54 Å². The summed E-state index contributed by atoms with van der Waals surface area (Å²) in [5.74, 6) is 0.832. The van der Waals surface area contributed by atoms with Crippen LogP contribution in [0, 0.1) is 5.92 Å². The lowest BCUT2D eigenvalue weighted by Crippen LogP contribution is -1.95. The van der Waals surface area contributed by atoms with Crippen LogP contribution < -0.4 is 5.73 Å². The second kappa shape index (κ2) is 11.8. The molecule has 0 rings (SSSR count). The number of nitrogens with two attached hydrogens (primary N) is 1. The van der Waals surface area contributed by atoms with Crippen molar-refractivity contribution < 1.29 is 0 Å². The fraction of sp³-hybridized carbons (Fsp3) is 0.857. The molecule has 1 atom stereocenters. The summed E-state index contributed by atoms with van der Waals surface area (Å²) in [7, 11) is 0. The SMILES string of the molecule is CCCCCCCCC(C)CC=CCN. The van der Waals surface area contributed by atoms with Gasteiger partial charge in [-0.15, -0.1) is 0 Å². The maximum absolute atomic E-state index is 5.40. The average molecular weight is 211 g/mol. The fourth-order valence-electron chi connectivity index (χ4n) is 1.82. The zero-order valence-corrected chi connectivity index (χ0v) is 10.7. The minimum atomic E-state index is 0.684. The fourth-order valence-corrected chi connectivity index (χ4v) is 1.82. The molecule has 0 aromatic heterocycles. The van der Waals surface area contributed by atoms with Gasteiger partial charge in [0.2, 0.25) is 0 Å². The first kappa shape index (κ1) is 14.7. The lowest BCUT2D eigenvalue weighted by atomic mass is 9.99. The Bertz CT molecular complexity index is 140. The van der Waals surface area contributed by atoms with Gasteiger partial charge in [-0.25, -0.2) is 0 Å². The highest BCUT2D eigenvalue weighted by molar-refractivity contribution is 4.83. The maximum Gasteiger partial charge on any atom is 0.0106 e. The summed E-state index contributed by atoms with van der Waals surface area (Å²) in [6.45, 7) is 5.29. The highest BCUT2D eigenvalue weighted by atomic mass is 14.5. The summed E-state index contributed by atoms with van der Waals surface area (Å²) in [6.07, 6.45) is 15.3. The Hall–Kier alpha value is -0.300. The average Bonchev–Trinajstić information content (AvgIpc) is 2.23. The molecule has 90 valence electrons. The van der Waals surface area contributed by atoms with E-state index in [9.17, 15) is 0 Å². The zero-order chi connectivity index (χ0) is 11.4. The van der Waals surface area contributed by atoms with Gasteiger partial charge in [0, 0.05) is 6.54 Å². The van der Waals surface area contributed by atoms with Gasteiger partial charge in [0.15, 0.2) is 0 Å². The number of hydrogen-bond donors (Lipinski definition) is 1.